The van der Waals surface area contributed by atoms with Crippen molar-refractivity contribution in [1.82, 2.24) is 0 Å². The molecule has 0 N–H and O–H groups in total. The molecule has 0 aliphatic rings. The third-order valence-electron chi connectivity index (χ3n) is 3.61. The predicted molar refractivity (Wildman–Crippen MR) is 91.9 cm³/mol. The van der Waals surface area contributed by atoms with Gasteiger partial charge in [0, 0.05) is 20.4 Å². The van der Waals surface area contributed by atoms with Crippen LogP contribution in [-0.2, 0) is 0 Å². The number of rotatable bonds is 1. The summed E-state index contributed by atoms with van der Waals surface area (Å²) in [5.41, 5.74) is 1.93. The average molecular weight is 358 g/mol. The van der Waals surface area contributed by atoms with Crippen molar-refractivity contribution in [2.45, 2.75) is 0 Å². The maximum Gasteiger partial charge on any atom is 0.135 e. The van der Waals surface area contributed by atoms with E-state index in [0.29, 0.717) is 0 Å². The summed E-state index contributed by atoms with van der Waals surface area (Å²) in [5.74, 6) is 0.858. The van der Waals surface area contributed by atoms with Crippen molar-refractivity contribution in [1.29, 1.82) is 0 Å². The lowest BCUT2D eigenvalue weighted by molar-refractivity contribution is 0.632. The summed E-state index contributed by atoms with van der Waals surface area (Å²) < 4.78 is 7.06. The maximum atomic E-state index is 5.98. The van der Waals surface area contributed by atoms with Crippen LogP contribution in [0.3, 0.4) is 0 Å². The molecule has 0 saturated carbocycles. The summed E-state index contributed by atoms with van der Waals surface area (Å²) in [6.07, 6.45) is 0. The molecule has 0 spiro atoms. The van der Waals surface area contributed by atoms with Gasteiger partial charge in [-0.25, -0.2) is 0 Å². The third kappa shape index (κ3) is 2.25. The molecule has 4 aromatic rings. The molecule has 0 radical (unpaired) electrons. The van der Waals surface area contributed by atoms with Gasteiger partial charge in [-0.15, -0.1) is 0 Å². The molecule has 21 heavy (non-hydrogen) atoms. The van der Waals surface area contributed by atoms with E-state index < -0.39 is 0 Å². The van der Waals surface area contributed by atoms with Crippen molar-refractivity contribution in [2.24, 2.45) is 0 Å². The second kappa shape index (κ2) is 4.90. The van der Waals surface area contributed by atoms with E-state index >= 15 is 0 Å². The second-order valence-electron chi connectivity index (χ2n) is 4.96. The molecule has 0 saturated heterocycles. The minimum absolute atomic E-state index is 0.727. The molecule has 0 fully saturated rings. The van der Waals surface area contributed by atoms with Gasteiger partial charge in [-0.1, -0.05) is 39.7 Å². The molecule has 0 bridgehead atoms. The Morgan fingerprint density at radius 1 is 0.810 bits per heavy atom. The van der Waals surface area contributed by atoms with Crippen molar-refractivity contribution in [3.63, 3.8) is 0 Å². The molecule has 3 heteroatoms. The summed E-state index contributed by atoms with van der Waals surface area (Å²) in [7, 11) is 0. The number of halogens is 2. The summed E-state index contributed by atoms with van der Waals surface area (Å²) in [5, 5.41) is 4.25. The van der Waals surface area contributed by atoms with Crippen molar-refractivity contribution in [3.8, 4) is 11.3 Å². The lowest BCUT2D eigenvalue weighted by atomic mass is 10.1. The third-order valence-corrected chi connectivity index (χ3v) is 4.35. The van der Waals surface area contributed by atoms with Crippen LogP contribution < -0.4 is 0 Å². The Hall–Kier alpha value is -1.77. The van der Waals surface area contributed by atoms with Gasteiger partial charge in [0.2, 0.25) is 0 Å². The van der Waals surface area contributed by atoms with E-state index in [4.69, 9.17) is 16.0 Å². The fourth-order valence-corrected chi connectivity index (χ4v) is 3.08. The van der Waals surface area contributed by atoms with E-state index in [2.05, 4.69) is 46.3 Å². The quantitative estimate of drug-likeness (QED) is 0.371. The largest absolute Gasteiger partial charge is 0.456 e. The number of hydrogen-bond donors (Lipinski definition) is 0. The van der Waals surface area contributed by atoms with E-state index in [1.54, 1.807) is 0 Å². The standard InChI is InChI=1S/C18H10BrClO/c19-13-4-7-15-12(9-13)3-8-17-16(15)10-18(21-17)11-1-5-14(20)6-2-11/h1-10H. The Balaban J connectivity index is 1.97. The maximum absolute atomic E-state index is 5.98. The number of furan rings is 1. The highest BCUT2D eigenvalue weighted by molar-refractivity contribution is 9.10. The van der Waals surface area contributed by atoms with Crippen LogP contribution in [0.1, 0.15) is 0 Å². The first kappa shape index (κ1) is 12.9. The molecule has 4 rings (SSSR count). The van der Waals surface area contributed by atoms with Crippen LogP contribution in [0.25, 0.3) is 33.1 Å². The molecule has 1 nitrogen and oxygen atoms in total. The summed E-state index contributed by atoms with van der Waals surface area (Å²) >= 11 is 9.44. The highest BCUT2D eigenvalue weighted by atomic mass is 79.9. The predicted octanol–water partition coefficient (Wildman–Crippen LogP) is 6.67. The Morgan fingerprint density at radius 2 is 1.62 bits per heavy atom. The van der Waals surface area contributed by atoms with Crippen LogP contribution in [0.2, 0.25) is 5.02 Å². The fraction of sp³-hybridized carbons (Fsp3) is 0. The fourth-order valence-electron chi connectivity index (χ4n) is 2.58. The van der Waals surface area contributed by atoms with Gasteiger partial charge >= 0.3 is 0 Å². The van der Waals surface area contributed by atoms with Crippen LogP contribution in [0.5, 0.6) is 0 Å². The lowest BCUT2D eigenvalue weighted by Gasteiger charge is -1.99. The van der Waals surface area contributed by atoms with Gasteiger partial charge in [0.05, 0.1) is 0 Å². The molecule has 3 aromatic carbocycles. The van der Waals surface area contributed by atoms with Crippen molar-refractivity contribution >= 4 is 49.3 Å². The van der Waals surface area contributed by atoms with E-state index in [-0.39, 0.29) is 0 Å². The molecule has 1 aromatic heterocycles. The lowest BCUT2D eigenvalue weighted by Crippen LogP contribution is -1.73. The van der Waals surface area contributed by atoms with Gasteiger partial charge < -0.3 is 4.42 Å². The molecule has 0 amide bonds. The minimum Gasteiger partial charge on any atom is -0.456 e. The second-order valence-corrected chi connectivity index (χ2v) is 6.31. The number of fused-ring (bicyclic) bond motifs is 3. The van der Waals surface area contributed by atoms with Crippen LogP contribution in [-0.4, -0.2) is 0 Å². The first-order chi connectivity index (χ1) is 10.2. The van der Waals surface area contributed by atoms with Crippen LogP contribution in [0.4, 0.5) is 0 Å². The summed E-state index contributed by atoms with van der Waals surface area (Å²) in [4.78, 5) is 0. The molecule has 0 unspecified atom stereocenters. The zero-order valence-electron chi connectivity index (χ0n) is 10.9. The van der Waals surface area contributed by atoms with Crippen molar-refractivity contribution in [3.05, 3.63) is 70.2 Å². The molecule has 0 aliphatic carbocycles. The Kier molecular flexibility index (Phi) is 3.02. The van der Waals surface area contributed by atoms with E-state index in [9.17, 15) is 0 Å². The smallest absolute Gasteiger partial charge is 0.135 e. The SMILES string of the molecule is Clc1ccc(-c2cc3c(ccc4cc(Br)ccc43)o2)cc1. The summed E-state index contributed by atoms with van der Waals surface area (Å²) in [6, 6.07) is 20.2. The van der Waals surface area contributed by atoms with Crippen LogP contribution >= 0.6 is 27.5 Å². The molecule has 102 valence electrons. The number of benzene rings is 3. The minimum atomic E-state index is 0.727. The van der Waals surface area contributed by atoms with Gasteiger partial charge in [0.15, 0.2) is 0 Å². The molecule has 1 heterocycles. The van der Waals surface area contributed by atoms with Gasteiger partial charge in [-0.2, -0.15) is 0 Å². The topological polar surface area (TPSA) is 13.1 Å². The normalized spacial score (nSPS) is 11.3. The first-order valence-corrected chi connectivity index (χ1v) is 7.75. The van der Waals surface area contributed by atoms with Crippen LogP contribution in [0, 0.1) is 0 Å². The zero-order valence-corrected chi connectivity index (χ0v) is 13.3. The van der Waals surface area contributed by atoms with Crippen LogP contribution in [0.15, 0.2) is 69.6 Å². The first-order valence-electron chi connectivity index (χ1n) is 6.58. The highest BCUT2D eigenvalue weighted by Gasteiger charge is 2.09. The van der Waals surface area contributed by atoms with Gasteiger partial charge in [-0.05, 0) is 59.3 Å². The van der Waals surface area contributed by atoms with E-state index in [1.807, 2.05) is 30.3 Å². The Morgan fingerprint density at radius 3 is 2.43 bits per heavy atom. The highest BCUT2D eigenvalue weighted by Crippen LogP contribution is 2.34. The van der Waals surface area contributed by atoms with E-state index in [0.717, 1.165) is 31.8 Å². The Bertz CT molecular complexity index is 954. The molecular formula is C18H10BrClO. The van der Waals surface area contributed by atoms with Gasteiger partial charge in [0.1, 0.15) is 11.3 Å². The van der Waals surface area contributed by atoms with Gasteiger partial charge in [-0.3, -0.25) is 0 Å². The van der Waals surface area contributed by atoms with Crippen molar-refractivity contribution < 1.29 is 4.42 Å². The zero-order chi connectivity index (χ0) is 14.4. The van der Waals surface area contributed by atoms with Gasteiger partial charge in [0.25, 0.3) is 0 Å². The average Bonchev–Trinajstić information content (AvgIpc) is 2.92. The Labute approximate surface area is 135 Å². The molecule has 0 aliphatic heterocycles. The molecule has 0 atom stereocenters. The molecular weight excluding hydrogens is 348 g/mol. The van der Waals surface area contributed by atoms with Crippen molar-refractivity contribution in [2.75, 3.05) is 0 Å². The summed E-state index contributed by atoms with van der Waals surface area (Å²) in [6.45, 7) is 0. The number of hydrogen-bond acceptors (Lipinski definition) is 1. The van der Waals surface area contributed by atoms with E-state index in [1.165, 1.54) is 10.8 Å². The monoisotopic (exact) mass is 356 g/mol.